The highest BCUT2D eigenvalue weighted by atomic mass is 79.9. The van der Waals surface area contributed by atoms with Crippen molar-refractivity contribution in [1.82, 2.24) is 19.5 Å². The standard InChI is InChI=1S/C12H10BrN5O.ClH/c13-8-4-2-1-3-7(8)5-18-11(19)9-10(16-6-15-9)17-12(18)14;/h1-4,6H,5H2,(H2,14,17)(H,15,16);1H. The molecular weight excluding hydrogens is 346 g/mol. The van der Waals surface area contributed by atoms with E-state index in [1.54, 1.807) is 0 Å². The number of nitrogen functional groups attached to an aromatic ring is 1. The van der Waals surface area contributed by atoms with Crippen LogP contribution in [0.2, 0.25) is 0 Å². The van der Waals surface area contributed by atoms with Gasteiger partial charge in [0, 0.05) is 4.47 Å². The number of halogens is 2. The van der Waals surface area contributed by atoms with Crippen LogP contribution in [0.15, 0.2) is 39.9 Å². The summed E-state index contributed by atoms with van der Waals surface area (Å²) in [5, 5.41) is 0. The van der Waals surface area contributed by atoms with Crippen LogP contribution in [0.25, 0.3) is 11.2 Å². The lowest BCUT2D eigenvalue weighted by Gasteiger charge is -2.09. The van der Waals surface area contributed by atoms with E-state index in [-0.39, 0.29) is 23.9 Å². The number of aromatic nitrogens is 4. The fourth-order valence-corrected chi connectivity index (χ4v) is 2.30. The molecule has 0 amide bonds. The third-order valence-corrected chi connectivity index (χ3v) is 3.63. The number of nitrogens with two attached hydrogens (primary N) is 1. The average Bonchev–Trinajstić information content (AvgIpc) is 2.84. The Bertz CT molecular complexity index is 813. The second-order valence-corrected chi connectivity index (χ2v) is 4.91. The molecule has 3 rings (SSSR count). The van der Waals surface area contributed by atoms with Gasteiger partial charge in [-0.1, -0.05) is 34.1 Å². The molecule has 0 unspecified atom stereocenters. The zero-order valence-corrected chi connectivity index (χ0v) is 12.6. The first kappa shape index (κ1) is 14.5. The van der Waals surface area contributed by atoms with E-state index in [0.717, 1.165) is 10.0 Å². The van der Waals surface area contributed by atoms with E-state index < -0.39 is 0 Å². The minimum Gasteiger partial charge on any atom is -0.369 e. The van der Waals surface area contributed by atoms with Gasteiger partial charge in [0.05, 0.1) is 12.9 Å². The molecule has 8 heteroatoms. The Labute approximate surface area is 128 Å². The molecule has 0 saturated carbocycles. The van der Waals surface area contributed by atoms with Gasteiger partial charge in [-0.05, 0) is 11.6 Å². The third kappa shape index (κ3) is 2.41. The average molecular weight is 357 g/mol. The number of hydrogen-bond acceptors (Lipinski definition) is 4. The first-order chi connectivity index (χ1) is 9.16. The van der Waals surface area contributed by atoms with Crippen molar-refractivity contribution in [3.05, 3.63) is 51.0 Å². The molecule has 2 heterocycles. The number of benzene rings is 1. The van der Waals surface area contributed by atoms with Crippen LogP contribution in [-0.4, -0.2) is 19.5 Å². The Balaban J connectivity index is 0.00000147. The molecule has 104 valence electrons. The van der Waals surface area contributed by atoms with Crippen molar-refractivity contribution < 1.29 is 0 Å². The number of nitrogens with zero attached hydrogens (tertiary/aromatic N) is 3. The normalized spacial score (nSPS) is 10.4. The highest BCUT2D eigenvalue weighted by Crippen LogP contribution is 2.17. The van der Waals surface area contributed by atoms with Gasteiger partial charge >= 0.3 is 0 Å². The van der Waals surface area contributed by atoms with Crippen LogP contribution in [0.1, 0.15) is 5.56 Å². The summed E-state index contributed by atoms with van der Waals surface area (Å²) in [6, 6.07) is 7.65. The van der Waals surface area contributed by atoms with Crippen LogP contribution in [0, 0.1) is 0 Å². The first-order valence-electron chi connectivity index (χ1n) is 5.59. The fourth-order valence-electron chi connectivity index (χ4n) is 1.89. The summed E-state index contributed by atoms with van der Waals surface area (Å²) in [7, 11) is 0. The zero-order valence-electron chi connectivity index (χ0n) is 10.2. The number of rotatable bonds is 2. The number of imidazole rings is 1. The number of hydrogen-bond donors (Lipinski definition) is 2. The van der Waals surface area contributed by atoms with Gasteiger partial charge in [0.1, 0.15) is 0 Å². The molecule has 0 fully saturated rings. The summed E-state index contributed by atoms with van der Waals surface area (Å²) in [5.41, 5.74) is 7.24. The van der Waals surface area contributed by atoms with E-state index in [9.17, 15) is 4.79 Å². The van der Waals surface area contributed by atoms with Crippen LogP contribution in [0.3, 0.4) is 0 Å². The summed E-state index contributed by atoms with van der Waals surface area (Å²) in [6.45, 7) is 0.349. The second-order valence-electron chi connectivity index (χ2n) is 4.05. The number of H-pyrrole nitrogens is 1. The minimum absolute atomic E-state index is 0. The summed E-state index contributed by atoms with van der Waals surface area (Å²) < 4.78 is 2.33. The Hall–Kier alpha value is -1.86. The van der Waals surface area contributed by atoms with Gasteiger partial charge in [0.2, 0.25) is 5.95 Å². The molecule has 0 aliphatic rings. The summed E-state index contributed by atoms with van der Waals surface area (Å²) >= 11 is 3.45. The van der Waals surface area contributed by atoms with Crippen LogP contribution in [0.4, 0.5) is 5.95 Å². The lowest BCUT2D eigenvalue weighted by molar-refractivity contribution is 0.759. The van der Waals surface area contributed by atoms with Crippen molar-refractivity contribution in [3.8, 4) is 0 Å². The van der Waals surface area contributed by atoms with Gasteiger partial charge in [-0.3, -0.25) is 9.36 Å². The molecule has 2 aromatic heterocycles. The van der Waals surface area contributed by atoms with Gasteiger partial charge < -0.3 is 10.7 Å². The third-order valence-electron chi connectivity index (χ3n) is 2.86. The van der Waals surface area contributed by atoms with Crippen LogP contribution in [-0.2, 0) is 6.54 Å². The van der Waals surface area contributed by atoms with Crippen molar-refractivity contribution in [1.29, 1.82) is 0 Å². The SMILES string of the molecule is Cl.Nc1nc2[nH]cnc2c(=O)n1Cc1ccccc1Br. The van der Waals surface area contributed by atoms with E-state index in [1.807, 2.05) is 24.3 Å². The molecule has 0 spiro atoms. The maximum absolute atomic E-state index is 12.3. The smallest absolute Gasteiger partial charge is 0.283 e. The lowest BCUT2D eigenvalue weighted by Crippen LogP contribution is -2.25. The highest BCUT2D eigenvalue weighted by molar-refractivity contribution is 9.10. The predicted octanol–water partition coefficient (Wildman–Crippen LogP) is 1.93. The molecular formula is C12H11BrClN5O. The molecule has 0 aliphatic heterocycles. The van der Waals surface area contributed by atoms with Gasteiger partial charge in [0.25, 0.3) is 5.56 Å². The van der Waals surface area contributed by atoms with Crippen molar-refractivity contribution >= 4 is 45.4 Å². The molecule has 0 bridgehead atoms. The summed E-state index contributed by atoms with van der Waals surface area (Å²) in [6.07, 6.45) is 1.43. The van der Waals surface area contributed by atoms with Gasteiger partial charge in [-0.15, -0.1) is 12.4 Å². The fraction of sp³-hybridized carbons (Fsp3) is 0.0833. The Kier molecular flexibility index (Phi) is 4.10. The molecule has 3 aromatic rings. The van der Waals surface area contributed by atoms with Crippen molar-refractivity contribution in [2.75, 3.05) is 5.73 Å². The summed E-state index contributed by atoms with van der Waals surface area (Å²) in [5.74, 6) is 0.164. The van der Waals surface area contributed by atoms with E-state index in [4.69, 9.17) is 5.73 Å². The quantitative estimate of drug-likeness (QED) is 0.734. The maximum atomic E-state index is 12.3. The van der Waals surface area contributed by atoms with E-state index >= 15 is 0 Å². The topological polar surface area (TPSA) is 89.6 Å². The van der Waals surface area contributed by atoms with E-state index in [0.29, 0.717) is 17.7 Å². The maximum Gasteiger partial charge on any atom is 0.283 e. The first-order valence-corrected chi connectivity index (χ1v) is 6.39. The lowest BCUT2D eigenvalue weighted by atomic mass is 10.2. The molecule has 0 aliphatic carbocycles. The van der Waals surface area contributed by atoms with Crippen molar-refractivity contribution in [2.45, 2.75) is 6.54 Å². The molecule has 3 N–H and O–H groups in total. The zero-order chi connectivity index (χ0) is 13.4. The van der Waals surface area contributed by atoms with E-state index in [1.165, 1.54) is 10.9 Å². The van der Waals surface area contributed by atoms with Crippen LogP contribution >= 0.6 is 28.3 Å². The van der Waals surface area contributed by atoms with Gasteiger partial charge in [0.15, 0.2) is 11.2 Å². The Morgan fingerprint density at radius 3 is 2.85 bits per heavy atom. The molecule has 6 nitrogen and oxygen atoms in total. The predicted molar refractivity (Wildman–Crippen MR) is 83.1 cm³/mol. The van der Waals surface area contributed by atoms with Gasteiger partial charge in [-0.2, -0.15) is 4.98 Å². The van der Waals surface area contributed by atoms with Crippen LogP contribution < -0.4 is 11.3 Å². The largest absolute Gasteiger partial charge is 0.369 e. The number of nitrogens with one attached hydrogen (secondary N) is 1. The molecule has 20 heavy (non-hydrogen) atoms. The monoisotopic (exact) mass is 355 g/mol. The van der Waals surface area contributed by atoms with Gasteiger partial charge in [-0.25, -0.2) is 4.98 Å². The van der Waals surface area contributed by atoms with Crippen LogP contribution in [0.5, 0.6) is 0 Å². The number of aromatic amines is 1. The molecule has 0 atom stereocenters. The molecule has 0 radical (unpaired) electrons. The second kappa shape index (κ2) is 5.64. The highest BCUT2D eigenvalue weighted by Gasteiger charge is 2.11. The minimum atomic E-state index is -0.250. The molecule has 1 aromatic carbocycles. The Morgan fingerprint density at radius 2 is 2.10 bits per heavy atom. The number of fused-ring (bicyclic) bond motifs is 1. The summed E-state index contributed by atoms with van der Waals surface area (Å²) in [4.78, 5) is 23.1. The Morgan fingerprint density at radius 1 is 1.35 bits per heavy atom. The number of anilines is 1. The van der Waals surface area contributed by atoms with Crippen molar-refractivity contribution in [2.24, 2.45) is 0 Å². The van der Waals surface area contributed by atoms with Crippen molar-refractivity contribution in [3.63, 3.8) is 0 Å². The van der Waals surface area contributed by atoms with E-state index in [2.05, 4.69) is 30.9 Å². The molecule has 0 saturated heterocycles.